The number of para-hydroxylation sites is 2. The fourth-order valence-electron chi connectivity index (χ4n) is 2.42. The molecule has 2 heterocycles. The molecular weight excluding hydrogens is 266 g/mol. The molecule has 0 bridgehead atoms. The van der Waals surface area contributed by atoms with Gasteiger partial charge in [-0.2, -0.15) is 0 Å². The zero-order valence-corrected chi connectivity index (χ0v) is 12.3. The third kappa shape index (κ3) is 3.01. The topological polar surface area (TPSA) is 61.4 Å². The van der Waals surface area contributed by atoms with Gasteiger partial charge in [0, 0.05) is 26.2 Å². The molecule has 1 saturated heterocycles. The van der Waals surface area contributed by atoms with Gasteiger partial charge in [-0.25, -0.2) is 15.0 Å². The molecule has 1 N–H and O–H groups in total. The first-order valence-corrected chi connectivity index (χ1v) is 7.11. The molecule has 1 aliphatic heterocycles. The SMILES string of the molecule is Cc1nc2ccccc2nc1C(=O)NN1CCN(C)CC1. The van der Waals surface area contributed by atoms with E-state index in [1.807, 2.05) is 36.2 Å². The second-order valence-corrected chi connectivity index (χ2v) is 5.38. The quantitative estimate of drug-likeness (QED) is 0.885. The standard InChI is InChI=1S/C15H19N5O/c1-11-14(17-13-6-4-3-5-12(13)16-11)15(21)18-20-9-7-19(2)8-10-20/h3-6H,7-10H2,1-2H3,(H,18,21). The van der Waals surface area contributed by atoms with Gasteiger partial charge in [-0.1, -0.05) is 12.1 Å². The van der Waals surface area contributed by atoms with E-state index in [-0.39, 0.29) is 5.91 Å². The van der Waals surface area contributed by atoms with Crippen LogP contribution in [-0.2, 0) is 0 Å². The maximum absolute atomic E-state index is 12.4. The van der Waals surface area contributed by atoms with Crippen molar-refractivity contribution in [2.45, 2.75) is 6.92 Å². The Labute approximate surface area is 123 Å². The zero-order valence-electron chi connectivity index (χ0n) is 12.3. The largest absolute Gasteiger partial charge is 0.304 e. The highest BCUT2D eigenvalue weighted by atomic mass is 16.2. The summed E-state index contributed by atoms with van der Waals surface area (Å²) in [5, 5.41) is 1.94. The second kappa shape index (κ2) is 5.75. The van der Waals surface area contributed by atoms with Crippen molar-refractivity contribution in [3.8, 4) is 0 Å². The average Bonchev–Trinajstić information content (AvgIpc) is 2.49. The van der Waals surface area contributed by atoms with Gasteiger partial charge >= 0.3 is 0 Å². The van der Waals surface area contributed by atoms with E-state index in [1.54, 1.807) is 0 Å². The number of benzene rings is 1. The van der Waals surface area contributed by atoms with E-state index in [2.05, 4.69) is 27.3 Å². The Balaban J connectivity index is 1.79. The Kier molecular flexibility index (Phi) is 3.81. The number of nitrogens with zero attached hydrogens (tertiary/aromatic N) is 4. The highest BCUT2D eigenvalue weighted by Gasteiger charge is 2.19. The number of aryl methyl sites for hydroxylation is 1. The molecule has 1 fully saturated rings. The van der Waals surface area contributed by atoms with Crippen LogP contribution in [0, 0.1) is 6.92 Å². The van der Waals surface area contributed by atoms with E-state index < -0.39 is 0 Å². The average molecular weight is 285 g/mol. The molecule has 3 rings (SSSR count). The third-order valence-electron chi connectivity index (χ3n) is 3.72. The van der Waals surface area contributed by atoms with Crippen LogP contribution in [0.1, 0.15) is 16.2 Å². The Hall–Kier alpha value is -2.05. The normalized spacial score (nSPS) is 17.0. The number of fused-ring (bicyclic) bond motifs is 1. The molecule has 0 aliphatic carbocycles. The second-order valence-electron chi connectivity index (χ2n) is 5.38. The van der Waals surface area contributed by atoms with E-state index in [0.717, 1.165) is 37.2 Å². The van der Waals surface area contributed by atoms with Gasteiger partial charge in [0.1, 0.15) is 0 Å². The maximum Gasteiger partial charge on any atom is 0.286 e. The molecule has 1 aliphatic rings. The molecule has 0 spiro atoms. The number of hydrazine groups is 1. The fourth-order valence-corrected chi connectivity index (χ4v) is 2.42. The number of hydrogen-bond donors (Lipinski definition) is 1. The van der Waals surface area contributed by atoms with Crippen molar-refractivity contribution in [3.05, 3.63) is 35.7 Å². The molecule has 0 unspecified atom stereocenters. The number of piperazine rings is 1. The van der Waals surface area contributed by atoms with Gasteiger partial charge in [-0.3, -0.25) is 10.2 Å². The molecule has 110 valence electrons. The van der Waals surface area contributed by atoms with Gasteiger partial charge in [0.15, 0.2) is 5.69 Å². The molecule has 0 saturated carbocycles. The van der Waals surface area contributed by atoms with Crippen LogP contribution in [0.15, 0.2) is 24.3 Å². The molecule has 0 radical (unpaired) electrons. The van der Waals surface area contributed by atoms with E-state index in [9.17, 15) is 4.79 Å². The van der Waals surface area contributed by atoms with Gasteiger partial charge in [-0.05, 0) is 26.1 Å². The molecule has 1 amide bonds. The van der Waals surface area contributed by atoms with Gasteiger partial charge in [-0.15, -0.1) is 0 Å². The first kappa shape index (κ1) is 13.9. The summed E-state index contributed by atoms with van der Waals surface area (Å²) >= 11 is 0. The van der Waals surface area contributed by atoms with Crippen LogP contribution < -0.4 is 5.43 Å². The summed E-state index contributed by atoms with van der Waals surface area (Å²) in [6.45, 7) is 5.36. The molecule has 6 nitrogen and oxygen atoms in total. The summed E-state index contributed by atoms with van der Waals surface area (Å²) in [4.78, 5) is 23.5. The van der Waals surface area contributed by atoms with E-state index >= 15 is 0 Å². The van der Waals surface area contributed by atoms with Gasteiger partial charge in [0.2, 0.25) is 0 Å². The lowest BCUT2D eigenvalue weighted by Crippen LogP contribution is -2.52. The lowest BCUT2D eigenvalue weighted by Gasteiger charge is -2.32. The van der Waals surface area contributed by atoms with Crippen LogP contribution in [0.3, 0.4) is 0 Å². The van der Waals surface area contributed by atoms with Gasteiger partial charge in [0.25, 0.3) is 5.91 Å². The Morgan fingerprint density at radius 2 is 1.71 bits per heavy atom. The van der Waals surface area contributed by atoms with Crippen molar-refractivity contribution < 1.29 is 4.79 Å². The fraction of sp³-hybridized carbons (Fsp3) is 0.400. The van der Waals surface area contributed by atoms with Crippen LogP contribution in [-0.4, -0.2) is 59.0 Å². The smallest absolute Gasteiger partial charge is 0.286 e. The van der Waals surface area contributed by atoms with Crippen molar-refractivity contribution in [2.24, 2.45) is 0 Å². The van der Waals surface area contributed by atoms with Crippen molar-refractivity contribution >= 4 is 16.9 Å². The first-order valence-electron chi connectivity index (χ1n) is 7.11. The minimum Gasteiger partial charge on any atom is -0.304 e. The molecule has 2 aromatic rings. The molecular formula is C15H19N5O. The summed E-state index contributed by atoms with van der Waals surface area (Å²) in [5.74, 6) is -0.185. The summed E-state index contributed by atoms with van der Waals surface area (Å²) in [6.07, 6.45) is 0. The highest BCUT2D eigenvalue weighted by molar-refractivity contribution is 5.94. The summed E-state index contributed by atoms with van der Waals surface area (Å²) in [5.41, 5.74) is 5.53. The summed E-state index contributed by atoms with van der Waals surface area (Å²) in [7, 11) is 2.08. The molecule has 1 aromatic carbocycles. The van der Waals surface area contributed by atoms with Crippen LogP contribution in [0.5, 0.6) is 0 Å². The number of likely N-dealkylation sites (N-methyl/N-ethyl adjacent to an activating group) is 1. The minimum atomic E-state index is -0.185. The molecule has 21 heavy (non-hydrogen) atoms. The monoisotopic (exact) mass is 285 g/mol. The molecule has 1 aromatic heterocycles. The first-order chi connectivity index (χ1) is 10.1. The van der Waals surface area contributed by atoms with E-state index in [4.69, 9.17) is 0 Å². The van der Waals surface area contributed by atoms with E-state index in [0.29, 0.717) is 11.4 Å². The highest BCUT2D eigenvalue weighted by Crippen LogP contribution is 2.12. The lowest BCUT2D eigenvalue weighted by atomic mass is 10.2. The van der Waals surface area contributed by atoms with Crippen molar-refractivity contribution in [3.63, 3.8) is 0 Å². The number of aromatic nitrogens is 2. The number of carbonyl (C=O) groups is 1. The van der Waals surface area contributed by atoms with Gasteiger partial charge in [0.05, 0.1) is 16.7 Å². The number of nitrogens with one attached hydrogen (secondary N) is 1. The number of amides is 1. The van der Waals surface area contributed by atoms with Crippen LogP contribution in [0.25, 0.3) is 11.0 Å². The van der Waals surface area contributed by atoms with Crippen molar-refractivity contribution in [2.75, 3.05) is 33.2 Å². The predicted molar refractivity (Wildman–Crippen MR) is 80.8 cm³/mol. The number of rotatable bonds is 2. The lowest BCUT2D eigenvalue weighted by molar-refractivity contribution is 0.0657. The minimum absolute atomic E-state index is 0.185. The molecule has 6 heteroatoms. The van der Waals surface area contributed by atoms with Crippen molar-refractivity contribution in [1.82, 2.24) is 25.3 Å². The summed E-state index contributed by atoms with van der Waals surface area (Å²) in [6, 6.07) is 7.58. The van der Waals surface area contributed by atoms with Crippen LogP contribution >= 0.6 is 0 Å². The molecule has 0 atom stereocenters. The third-order valence-corrected chi connectivity index (χ3v) is 3.72. The predicted octanol–water partition coefficient (Wildman–Crippen LogP) is 0.830. The van der Waals surface area contributed by atoms with Crippen LogP contribution in [0.2, 0.25) is 0 Å². The Bertz CT molecular complexity index is 664. The number of hydrogen-bond acceptors (Lipinski definition) is 5. The van der Waals surface area contributed by atoms with Crippen LogP contribution in [0.4, 0.5) is 0 Å². The van der Waals surface area contributed by atoms with E-state index in [1.165, 1.54) is 0 Å². The maximum atomic E-state index is 12.4. The Morgan fingerprint density at radius 3 is 2.38 bits per heavy atom. The summed E-state index contributed by atoms with van der Waals surface area (Å²) < 4.78 is 0. The Morgan fingerprint density at radius 1 is 1.10 bits per heavy atom. The number of carbonyl (C=O) groups excluding carboxylic acids is 1. The van der Waals surface area contributed by atoms with Crippen molar-refractivity contribution in [1.29, 1.82) is 0 Å². The van der Waals surface area contributed by atoms with Gasteiger partial charge < -0.3 is 4.90 Å². The zero-order chi connectivity index (χ0) is 14.8.